The molecular weight excluding hydrogens is 447 g/mol. The van der Waals surface area contributed by atoms with Crippen molar-refractivity contribution in [2.45, 2.75) is 16.9 Å². The van der Waals surface area contributed by atoms with Gasteiger partial charge in [0.2, 0.25) is 0 Å². The molecule has 3 heterocycles. The standard InChI is InChI=1S/C23H21FN4O2S2/c24-15-6-5-14-9-16(27-18(14)10-15)11-23(22(29)30)13-32-20(28-23)12-31-19-4-2-1-3-17(19)21-25-7-8-26-21/h1-6,9-10,27H,7-8,11-13H2,(H,25,26)(H,29,30). The summed E-state index contributed by atoms with van der Waals surface area (Å²) in [4.78, 5) is 25.6. The van der Waals surface area contributed by atoms with Crippen molar-refractivity contribution in [3.05, 3.63) is 65.6 Å². The molecule has 0 aliphatic carbocycles. The quantitative estimate of drug-likeness (QED) is 0.457. The molecule has 0 amide bonds. The lowest BCUT2D eigenvalue weighted by Gasteiger charge is -2.19. The Balaban J connectivity index is 1.34. The Bertz CT molecular complexity index is 1260. The molecule has 5 rings (SSSR count). The number of carboxylic acid groups (broad SMARTS) is 1. The molecule has 2 aliphatic heterocycles. The molecule has 0 radical (unpaired) electrons. The van der Waals surface area contributed by atoms with Crippen LogP contribution in [0.5, 0.6) is 0 Å². The number of thioether (sulfide) groups is 2. The van der Waals surface area contributed by atoms with Crippen LogP contribution in [0.3, 0.4) is 0 Å². The van der Waals surface area contributed by atoms with Crippen molar-refractivity contribution in [2.75, 3.05) is 24.6 Å². The van der Waals surface area contributed by atoms with Crippen molar-refractivity contribution in [1.82, 2.24) is 10.3 Å². The first-order valence-corrected chi connectivity index (χ1v) is 12.2. The van der Waals surface area contributed by atoms with Crippen molar-refractivity contribution in [3.8, 4) is 0 Å². The predicted octanol–water partition coefficient (Wildman–Crippen LogP) is 3.96. The molecule has 0 saturated carbocycles. The van der Waals surface area contributed by atoms with Crippen molar-refractivity contribution in [1.29, 1.82) is 0 Å². The number of benzene rings is 2. The van der Waals surface area contributed by atoms with Gasteiger partial charge in [0.1, 0.15) is 11.7 Å². The Labute approximate surface area is 192 Å². The van der Waals surface area contributed by atoms with E-state index in [1.807, 2.05) is 24.3 Å². The highest BCUT2D eigenvalue weighted by molar-refractivity contribution is 8.16. The molecular formula is C23H21FN4O2S2. The second-order valence-corrected chi connectivity index (χ2v) is 9.84. The molecule has 1 unspecified atom stereocenters. The zero-order valence-corrected chi connectivity index (χ0v) is 18.7. The van der Waals surface area contributed by atoms with Gasteiger partial charge in [0.25, 0.3) is 0 Å². The Morgan fingerprint density at radius 1 is 1.25 bits per heavy atom. The summed E-state index contributed by atoms with van der Waals surface area (Å²) in [6.45, 7) is 1.62. The van der Waals surface area contributed by atoms with E-state index in [4.69, 9.17) is 0 Å². The number of hydrogen-bond acceptors (Lipinski definition) is 6. The van der Waals surface area contributed by atoms with Gasteiger partial charge in [0.05, 0.1) is 11.6 Å². The van der Waals surface area contributed by atoms with Gasteiger partial charge in [-0.25, -0.2) is 9.18 Å². The van der Waals surface area contributed by atoms with Crippen LogP contribution in [-0.2, 0) is 11.2 Å². The maximum atomic E-state index is 13.5. The van der Waals surface area contributed by atoms with E-state index in [2.05, 4.69) is 26.4 Å². The van der Waals surface area contributed by atoms with Gasteiger partial charge in [-0.05, 0) is 35.7 Å². The molecule has 0 saturated heterocycles. The number of fused-ring (bicyclic) bond motifs is 1. The van der Waals surface area contributed by atoms with Gasteiger partial charge in [-0.1, -0.05) is 18.2 Å². The number of amidine groups is 1. The number of aliphatic carboxylic acids is 1. The molecule has 1 atom stereocenters. The van der Waals surface area contributed by atoms with Crippen LogP contribution < -0.4 is 5.32 Å². The summed E-state index contributed by atoms with van der Waals surface area (Å²) in [5.41, 5.74) is 1.23. The maximum absolute atomic E-state index is 13.5. The van der Waals surface area contributed by atoms with Crippen LogP contribution >= 0.6 is 23.5 Å². The number of rotatable bonds is 7. The van der Waals surface area contributed by atoms with E-state index in [-0.39, 0.29) is 12.2 Å². The Kier molecular flexibility index (Phi) is 5.69. The minimum absolute atomic E-state index is 0.233. The highest BCUT2D eigenvalue weighted by Crippen LogP contribution is 2.35. The van der Waals surface area contributed by atoms with Crippen molar-refractivity contribution in [2.24, 2.45) is 9.98 Å². The normalized spacial score (nSPS) is 20.3. The van der Waals surface area contributed by atoms with E-state index in [0.717, 1.165) is 45.5 Å². The number of nitrogens with zero attached hydrogens (tertiary/aromatic N) is 2. The Hall–Kier alpha value is -2.78. The number of nitrogens with one attached hydrogen (secondary N) is 2. The second kappa shape index (κ2) is 8.63. The molecule has 1 aromatic heterocycles. The van der Waals surface area contributed by atoms with Gasteiger partial charge in [-0.15, -0.1) is 23.5 Å². The summed E-state index contributed by atoms with van der Waals surface area (Å²) in [6, 6.07) is 14.5. The van der Waals surface area contributed by atoms with Crippen LogP contribution in [0.4, 0.5) is 4.39 Å². The van der Waals surface area contributed by atoms with Gasteiger partial charge in [-0.2, -0.15) is 0 Å². The van der Waals surface area contributed by atoms with Crippen LogP contribution in [0, 0.1) is 5.82 Å². The molecule has 164 valence electrons. The van der Waals surface area contributed by atoms with E-state index in [1.54, 1.807) is 17.8 Å². The summed E-state index contributed by atoms with van der Waals surface area (Å²) in [7, 11) is 0. The number of H-pyrrole nitrogens is 1. The predicted molar refractivity (Wildman–Crippen MR) is 129 cm³/mol. The summed E-state index contributed by atoms with van der Waals surface area (Å²) < 4.78 is 13.5. The third kappa shape index (κ3) is 4.14. The summed E-state index contributed by atoms with van der Waals surface area (Å²) >= 11 is 3.13. The number of aromatic amines is 1. The number of carbonyl (C=O) groups is 1. The number of halogens is 1. The minimum atomic E-state index is -1.23. The highest BCUT2D eigenvalue weighted by Gasteiger charge is 2.43. The Morgan fingerprint density at radius 3 is 2.94 bits per heavy atom. The molecule has 3 N–H and O–H groups in total. The lowest BCUT2D eigenvalue weighted by Crippen LogP contribution is -2.39. The van der Waals surface area contributed by atoms with E-state index in [1.165, 1.54) is 23.9 Å². The van der Waals surface area contributed by atoms with E-state index >= 15 is 0 Å². The number of aliphatic imine (C=N–C) groups is 2. The second-order valence-electron chi connectivity index (χ2n) is 7.78. The molecule has 2 aliphatic rings. The SMILES string of the molecule is O=C(O)C1(Cc2cc3ccc(F)cc3[nH]2)CSC(CSc2ccccc2C2=NCCN2)=N1. The first-order valence-electron chi connectivity index (χ1n) is 10.2. The van der Waals surface area contributed by atoms with Crippen LogP contribution in [0.2, 0.25) is 0 Å². The molecule has 3 aromatic rings. The summed E-state index contributed by atoms with van der Waals surface area (Å²) in [6.07, 6.45) is 0.233. The smallest absolute Gasteiger partial charge is 0.332 e. The maximum Gasteiger partial charge on any atom is 0.332 e. The lowest BCUT2D eigenvalue weighted by molar-refractivity contribution is -0.142. The molecule has 0 bridgehead atoms. The highest BCUT2D eigenvalue weighted by atomic mass is 32.2. The monoisotopic (exact) mass is 468 g/mol. The fraction of sp³-hybridized carbons (Fsp3) is 0.261. The van der Waals surface area contributed by atoms with Crippen LogP contribution in [0.25, 0.3) is 10.9 Å². The van der Waals surface area contributed by atoms with Crippen LogP contribution in [0.1, 0.15) is 11.3 Å². The number of hydrogen-bond donors (Lipinski definition) is 3. The first kappa shape index (κ1) is 21.1. The van der Waals surface area contributed by atoms with Gasteiger partial charge >= 0.3 is 5.97 Å². The molecule has 32 heavy (non-hydrogen) atoms. The van der Waals surface area contributed by atoms with Gasteiger partial charge in [0.15, 0.2) is 5.54 Å². The topological polar surface area (TPSA) is 89.8 Å². The largest absolute Gasteiger partial charge is 0.479 e. The molecule has 2 aromatic carbocycles. The van der Waals surface area contributed by atoms with Gasteiger partial charge in [0, 0.05) is 46.1 Å². The fourth-order valence-electron chi connectivity index (χ4n) is 3.93. The first-order chi connectivity index (χ1) is 15.5. The fourth-order valence-corrected chi connectivity index (χ4v) is 6.21. The van der Waals surface area contributed by atoms with Crippen LogP contribution in [0.15, 0.2) is 63.4 Å². The van der Waals surface area contributed by atoms with Crippen molar-refractivity contribution in [3.63, 3.8) is 0 Å². The van der Waals surface area contributed by atoms with Gasteiger partial charge in [-0.3, -0.25) is 9.98 Å². The average molecular weight is 469 g/mol. The molecule has 0 spiro atoms. The third-order valence-electron chi connectivity index (χ3n) is 5.51. The van der Waals surface area contributed by atoms with Crippen LogP contribution in [-0.4, -0.2) is 57.1 Å². The van der Waals surface area contributed by atoms with E-state index in [9.17, 15) is 14.3 Å². The average Bonchev–Trinajstić information content (AvgIpc) is 3.52. The third-order valence-corrected chi connectivity index (χ3v) is 7.96. The molecule has 6 nitrogen and oxygen atoms in total. The zero-order chi connectivity index (χ0) is 22.1. The van der Waals surface area contributed by atoms with Crippen molar-refractivity contribution < 1.29 is 14.3 Å². The summed E-state index contributed by atoms with van der Waals surface area (Å²) in [5, 5.41) is 15.0. The summed E-state index contributed by atoms with van der Waals surface area (Å²) in [5.74, 6) is 0.607. The zero-order valence-electron chi connectivity index (χ0n) is 17.1. The number of carboxylic acids is 1. The van der Waals surface area contributed by atoms with Crippen molar-refractivity contribution >= 4 is 51.3 Å². The van der Waals surface area contributed by atoms with E-state index in [0.29, 0.717) is 17.0 Å². The minimum Gasteiger partial charge on any atom is -0.479 e. The Morgan fingerprint density at radius 2 is 2.12 bits per heavy atom. The van der Waals surface area contributed by atoms with Gasteiger partial charge < -0.3 is 15.4 Å². The lowest BCUT2D eigenvalue weighted by atomic mass is 9.96. The van der Waals surface area contributed by atoms with E-state index < -0.39 is 11.5 Å². The molecule has 0 fully saturated rings. The number of aromatic nitrogens is 1. The molecule has 9 heteroatoms.